The minimum Gasteiger partial charge on any atom is -0.860 e. The molecule has 0 aliphatic carbocycles. The van der Waals surface area contributed by atoms with Gasteiger partial charge in [-0.2, -0.15) is 0 Å². The van der Waals surface area contributed by atoms with E-state index in [9.17, 15) is 5.11 Å². The molecule has 0 aliphatic rings. The van der Waals surface area contributed by atoms with Gasteiger partial charge in [0.2, 0.25) is 0 Å². The number of rotatable bonds is 1. The topological polar surface area (TPSA) is 26.3 Å². The van der Waals surface area contributed by atoms with Gasteiger partial charge in [0.1, 0.15) is 0 Å². The van der Waals surface area contributed by atoms with Gasteiger partial charge >= 0.3 is 18.9 Å². The third-order valence-corrected chi connectivity index (χ3v) is 0.721. The fourth-order valence-electron chi connectivity index (χ4n) is 0.0976. The van der Waals surface area contributed by atoms with Crippen molar-refractivity contribution in [2.24, 2.45) is 0 Å². The third-order valence-electron chi connectivity index (χ3n) is 0.534. The van der Waals surface area contributed by atoms with Crippen LogP contribution in [0.4, 0.5) is 0 Å². The Morgan fingerprint density at radius 2 is 2.00 bits per heavy atom. The van der Waals surface area contributed by atoms with Crippen molar-refractivity contribution >= 4 is 11.6 Å². The Bertz CT molecular complexity index is 84.1. The monoisotopic (exact) mass is 127 g/mol. The van der Waals surface area contributed by atoms with Crippen LogP contribution >= 0.6 is 11.6 Å². The Labute approximate surface area is 66.3 Å². The van der Waals surface area contributed by atoms with Crippen LogP contribution in [0.25, 0.3) is 0 Å². The maximum Gasteiger partial charge on any atom is 1.00 e. The Morgan fingerprint density at radius 3 is 2.00 bits per heavy atom. The molecule has 0 fully saturated rings. The second-order valence-corrected chi connectivity index (χ2v) is 1.56. The molecule has 0 radical (unpaired) electrons. The van der Waals surface area contributed by atoms with Crippen molar-refractivity contribution in [1.29, 1.82) is 0 Å². The number of hydrogen-bond donors (Lipinski definition) is 0. The molecule has 0 amide bonds. The standard InChI is InChI=1S/C4H8ClNO.Li/c1-6(2)4(7)3-5;/h3,7H,1-2H3;/q;+1/p-1/b4-3-;. The van der Waals surface area contributed by atoms with Crippen LogP contribution in [0, 0.1) is 0 Å². The molecule has 0 atom stereocenters. The van der Waals surface area contributed by atoms with E-state index >= 15 is 0 Å². The first-order valence-electron chi connectivity index (χ1n) is 1.83. The van der Waals surface area contributed by atoms with Gasteiger partial charge in [-0.25, -0.2) is 0 Å². The van der Waals surface area contributed by atoms with Crippen LogP contribution in [0.1, 0.15) is 0 Å². The molecule has 0 heterocycles. The van der Waals surface area contributed by atoms with Crippen LogP contribution < -0.4 is 24.0 Å². The van der Waals surface area contributed by atoms with E-state index in [1.165, 1.54) is 4.90 Å². The third kappa shape index (κ3) is 4.39. The zero-order chi connectivity index (χ0) is 5.86. The Balaban J connectivity index is 0. The van der Waals surface area contributed by atoms with E-state index in [2.05, 4.69) is 0 Å². The summed E-state index contributed by atoms with van der Waals surface area (Å²) >= 11 is 5.03. The molecule has 4 heteroatoms. The molecule has 0 aromatic rings. The smallest absolute Gasteiger partial charge is 0.860 e. The van der Waals surface area contributed by atoms with E-state index in [0.29, 0.717) is 0 Å². The summed E-state index contributed by atoms with van der Waals surface area (Å²) in [5.74, 6) is -0.179. The fourth-order valence-corrected chi connectivity index (χ4v) is 0.293. The molecule has 0 aromatic heterocycles. The quantitative estimate of drug-likeness (QED) is 0.276. The molecule has 2 nitrogen and oxygen atoms in total. The zero-order valence-corrected chi connectivity index (χ0v) is 6.07. The van der Waals surface area contributed by atoms with Gasteiger partial charge in [0.15, 0.2) is 0 Å². The van der Waals surface area contributed by atoms with E-state index in [1.54, 1.807) is 14.1 Å². The summed E-state index contributed by atoms with van der Waals surface area (Å²) < 4.78 is 0. The van der Waals surface area contributed by atoms with E-state index in [1.807, 2.05) is 0 Å². The van der Waals surface area contributed by atoms with Crippen LogP contribution in [-0.2, 0) is 0 Å². The van der Waals surface area contributed by atoms with Crippen molar-refractivity contribution in [1.82, 2.24) is 4.90 Å². The minimum atomic E-state index is -0.179. The predicted octanol–water partition coefficient (Wildman–Crippen LogP) is -3.05. The van der Waals surface area contributed by atoms with E-state index in [-0.39, 0.29) is 24.7 Å². The summed E-state index contributed by atoms with van der Waals surface area (Å²) in [6.45, 7) is 0. The summed E-state index contributed by atoms with van der Waals surface area (Å²) in [7, 11) is 3.28. The average Bonchev–Trinajstić information content (AvgIpc) is 1.65. The van der Waals surface area contributed by atoms with Gasteiger partial charge in [0.05, 0.1) is 0 Å². The van der Waals surface area contributed by atoms with E-state index < -0.39 is 0 Å². The Morgan fingerprint density at radius 1 is 1.62 bits per heavy atom. The van der Waals surface area contributed by atoms with Crippen LogP contribution in [-0.4, -0.2) is 19.0 Å². The normalized spacial score (nSPS) is 10.1. The van der Waals surface area contributed by atoms with Gasteiger partial charge in [-0.15, -0.1) is 0 Å². The van der Waals surface area contributed by atoms with Crippen molar-refractivity contribution in [2.45, 2.75) is 0 Å². The van der Waals surface area contributed by atoms with Crippen molar-refractivity contribution in [3.8, 4) is 0 Å². The SMILES string of the molecule is CN(C)/C([O-])=C/Cl.[Li+]. The maximum atomic E-state index is 10.2. The molecule has 0 aliphatic heterocycles. The van der Waals surface area contributed by atoms with Gasteiger partial charge in [0.25, 0.3) is 0 Å². The Kier molecular flexibility index (Phi) is 7.43. The zero-order valence-electron chi connectivity index (χ0n) is 5.31. The minimum absolute atomic E-state index is 0. The first-order chi connectivity index (χ1) is 3.18. The van der Waals surface area contributed by atoms with Crippen LogP contribution in [0.15, 0.2) is 11.4 Å². The summed E-state index contributed by atoms with van der Waals surface area (Å²) in [4.78, 5) is 1.40. The van der Waals surface area contributed by atoms with Crippen molar-refractivity contribution in [2.75, 3.05) is 14.1 Å². The number of hydrogen-bond acceptors (Lipinski definition) is 2. The van der Waals surface area contributed by atoms with Gasteiger partial charge in [0, 0.05) is 19.6 Å². The first kappa shape index (κ1) is 11.1. The van der Waals surface area contributed by atoms with Crippen LogP contribution in [0.3, 0.4) is 0 Å². The molecule has 42 valence electrons. The van der Waals surface area contributed by atoms with Crippen molar-refractivity contribution in [3.63, 3.8) is 0 Å². The summed E-state index contributed by atoms with van der Waals surface area (Å²) in [6, 6.07) is 0. The molecular formula is C4H7ClLiNO. The van der Waals surface area contributed by atoms with Crippen LogP contribution in [0.5, 0.6) is 0 Å². The number of halogens is 1. The predicted molar refractivity (Wildman–Crippen MR) is 27.6 cm³/mol. The molecule has 0 saturated heterocycles. The first-order valence-corrected chi connectivity index (χ1v) is 2.27. The molecular weight excluding hydrogens is 120 g/mol. The largest absolute Gasteiger partial charge is 1.00 e. The molecule has 0 rings (SSSR count). The molecule has 0 bridgehead atoms. The summed E-state index contributed by atoms with van der Waals surface area (Å²) in [6.07, 6.45) is 0. The average molecular weight is 127 g/mol. The second-order valence-electron chi connectivity index (χ2n) is 1.34. The van der Waals surface area contributed by atoms with Crippen LogP contribution in [0.2, 0.25) is 0 Å². The molecule has 0 N–H and O–H groups in total. The van der Waals surface area contributed by atoms with Crippen molar-refractivity contribution < 1.29 is 24.0 Å². The van der Waals surface area contributed by atoms with Crippen molar-refractivity contribution in [3.05, 3.63) is 11.4 Å². The van der Waals surface area contributed by atoms with Gasteiger partial charge in [-0.3, -0.25) is 0 Å². The summed E-state index contributed by atoms with van der Waals surface area (Å²) in [5, 5.41) is 10.2. The van der Waals surface area contributed by atoms with E-state index in [0.717, 1.165) is 5.54 Å². The van der Waals surface area contributed by atoms with E-state index in [4.69, 9.17) is 11.6 Å². The van der Waals surface area contributed by atoms with Gasteiger partial charge in [-0.05, 0) is 5.88 Å². The second kappa shape index (κ2) is 5.37. The van der Waals surface area contributed by atoms with Gasteiger partial charge < -0.3 is 10.0 Å². The van der Waals surface area contributed by atoms with Gasteiger partial charge in [-0.1, -0.05) is 11.6 Å². The molecule has 8 heavy (non-hydrogen) atoms. The molecule has 0 aromatic carbocycles. The molecule has 0 saturated carbocycles. The molecule has 0 unspecified atom stereocenters. The number of nitrogens with zero attached hydrogens (tertiary/aromatic N) is 1. The Hall–Kier alpha value is 0.227. The summed E-state index contributed by atoms with van der Waals surface area (Å²) in [5.41, 5.74) is 1.00. The maximum absolute atomic E-state index is 10.2. The molecule has 0 spiro atoms. The fraction of sp³-hybridized carbons (Fsp3) is 0.500.